The van der Waals surface area contributed by atoms with Crippen LogP contribution in [0, 0.1) is 5.82 Å². The van der Waals surface area contributed by atoms with Gasteiger partial charge in [0.15, 0.2) is 0 Å². The third-order valence-electron chi connectivity index (χ3n) is 4.27. The Balaban J connectivity index is 1.40. The number of hydrogen-bond donors (Lipinski definition) is 2. The Kier molecular flexibility index (Phi) is 7.29. The van der Waals surface area contributed by atoms with E-state index in [-0.39, 0.29) is 18.5 Å². The monoisotopic (exact) mass is 399 g/mol. The number of nitrogens with zero attached hydrogens (tertiary/aromatic N) is 1. The summed E-state index contributed by atoms with van der Waals surface area (Å²) in [5, 5.41) is 6.30. The van der Waals surface area contributed by atoms with Crippen LogP contribution in [0.5, 0.6) is 5.75 Å². The van der Waals surface area contributed by atoms with Crippen molar-refractivity contribution in [1.82, 2.24) is 10.7 Å². The van der Waals surface area contributed by atoms with Crippen LogP contribution in [0.1, 0.15) is 24.0 Å². The fraction of sp³-hybridized carbons (Fsp3) is 0.286. The van der Waals surface area contributed by atoms with Crippen molar-refractivity contribution in [2.24, 2.45) is 5.10 Å². The Labute approximate surface area is 167 Å². The predicted octanol–water partition coefficient (Wildman–Crippen LogP) is 2.15. The summed E-state index contributed by atoms with van der Waals surface area (Å²) in [5.41, 5.74) is 3.63. The summed E-state index contributed by atoms with van der Waals surface area (Å²) >= 11 is 0. The highest BCUT2D eigenvalue weighted by molar-refractivity contribution is 6.35. The minimum absolute atomic E-state index is 0.0306. The van der Waals surface area contributed by atoms with Crippen LogP contribution in [0.4, 0.5) is 4.39 Å². The molecular weight excluding hydrogens is 377 g/mol. The molecule has 0 saturated carbocycles. The first kappa shape index (κ1) is 20.5. The maximum absolute atomic E-state index is 13.2. The Morgan fingerprint density at radius 2 is 2.03 bits per heavy atom. The van der Waals surface area contributed by atoms with Crippen molar-refractivity contribution in [2.45, 2.75) is 25.6 Å². The minimum atomic E-state index is -0.839. The molecule has 1 heterocycles. The molecule has 1 atom stereocenters. The van der Waals surface area contributed by atoms with Crippen molar-refractivity contribution in [2.75, 3.05) is 13.2 Å². The van der Waals surface area contributed by atoms with E-state index in [1.165, 1.54) is 18.3 Å². The van der Waals surface area contributed by atoms with Crippen molar-refractivity contribution in [3.05, 3.63) is 65.5 Å². The number of ether oxygens (including phenoxy) is 2. The number of halogens is 1. The van der Waals surface area contributed by atoms with Gasteiger partial charge in [-0.1, -0.05) is 12.1 Å². The van der Waals surface area contributed by atoms with Gasteiger partial charge in [-0.2, -0.15) is 5.10 Å². The van der Waals surface area contributed by atoms with Crippen molar-refractivity contribution < 1.29 is 23.5 Å². The second-order valence-corrected chi connectivity index (χ2v) is 6.53. The van der Waals surface area contributed by atoms with Gasteiger partial charge in [0, 0.05) is 13.2 Å². The van der Waals surface area contributed by atoms with E-state index in [9.17, 15) is 14.0 Å². The molecule has 3 rings (SSSR count). The summed E-state index contributed by atoms with van der Waals surface area (Å²) in [4.78, 5) is 23.4. The van der Waals surface area contributed by atoms with E-state index in [0.717, 1.165) is 18.4 Å². The number of rotatable bonds is 7. The van der Waals surface area contributed by atoms with Gasteiger partial charge >= 0.3 is 11.8 Å². The van der Waals surface area contributed by atoms with E-state index in [1.54, 1.807) is 36.4 Å². The molecule has 8 heteroatoms. The molecule has 2 amide bonds. The zero-order valence-corrected chi connectivity index (χ0v) is 15.8. The van der Waals surface area contributed by atoms with Crippen molar-refractivity contribution in [3.8, 4) is 5.75 Å². The average molecular weight is 399 g/mol. The Hall–Kier alpha value is -3.26. The molecule has 1 aliphatic heterocycles. The second kappa shape index (κ2) is 10.3. The highest BCUT2D eigenvalue weighted by Gasteiger charge is 2.18. The summed E-state index contributed by atoms with van der Waals surface area (Å²) in [6.07, 6.45) is 3.23. The van der Waals surface area contributed by atoms with Crippen LogP contribution in [0.2, 0.25) is 0 Å². The molecule has 0 spiro atoms. The number of amides is 2. The molecule has 2 N–H and O–H groups in total. The maximum atomic E-state index is 13.2. The molecular formula is C21H22FN3O4. The van der Waals surface area contributed by atoms with Gasteiger partial charge in [-0.25, -0.2) is 9.82 Å². The first-order valence-corrected chi connectivity index (χ1v) is 9.30. The third kappa shape index (κ3) is 6.69. The van der Waals surface area contributed by atoms with Crippen LogP contribution in [0.25, 0.3) is 0 Å². The largest absolute Gasteiger partial charge is 0.489 e. The van der Waals surface area contributed by atoms with E-state index in [2.05, 4.69) is 15.8 Å². The smallest absolute Gasteiger partial charge is 0.329 e. The second-order valence-electron chi connectivity index (χ2n) is 6.53. The molecule has 7 nitrogen and oxygen atoms in total. The molecule has 2 aromatic carbocycles. The molecule has 1 fully saturated rings. The van der Waals surface area contributed by atoms with Gasteiger partial charge in [0.05, 0.1) is 12.3 Å². The number of nitrogens with one attached hydrogen (secondary N) is 2. The lowest BCUT2D eigenvalue weighted by Gasteiger charge is -2.09. The van der Waals surface area contributed by atoms with E-state index < -0.39 is 11.8 Å². The molecule has 0 aliphatic carbocycles. The van der Waals surface area contributed by atoms with Crippen molar-refractivity contribution in [3.63, 3.8) is 0 Å². The van der Waals surface area contributed by atoms with Gasteiger partial charge in [-0.05, 0) is 60.4 Å². The summed E-state index contributed by atoms with van der Waals surface area (Å²) in [7, 11) is 0. The zero-order chi connectivity index (χ0) is 20.5. The topological polar surface area (TPSA) is 89.0 Å². The summed E-state index contributed by atoms with van der Waals surface area (Å²) < 4.78 is 24.1. The first-order chi connectivity index (χ1) is 14.1. The zero-order valence-electron chi connectivity index (χ0n) is 15.8. The van der Waals surface area contributed by atoms with Gasteiger partial charge in [-0.15, -0.1) is 0 Å². The summed E-state index contributed by atoms with van der Waals surface area (Å²) in [5.74, 6) is -1.28. The molecule has 152 valence electrons. The molecule has 0 bridgehead atoms. The fourth-order valence-electron chi connectivity index (χ4n) is 2.75. The number of carbonyl (C=O) groups excluding carboxylic acids is 2. The number of hydrogen-bond acceptors (Lipinski definition) is 5. The highest BCUT2D eigenvalue weighted by atomic mass is 19.1. The molecule has 29 heavy (non-hydrogen) atoms. The normalized spacial score (nSPS) is 16.0. The molecule has 2 aromatic rings. The standard InChI is InChI=1S/C21H22FN3O4/c22-17-4-1-3-16(11-17)14-29-18-8-6-15(7-9-18)12-24-25-21(27)20(26)23-13-19-5-2-10-28-19/h1,3-4,6-9,11-12,19H,2,5,10,13-14H2,(H,23,26)(H,25,27)/b24-12-/t19-/m0/s1. The lowest BCUT2D eigenvalue weighted by molar-refractivity contribution is -0.139. The van der Waals surface area contributed by atoms with E-state index >= 15 is 0 Å². The average Bonchev–Trinajstić information content (AvgIpc) is 3.25. The van der Waals surface area contributed by atoms with Gasteiger partial charge in [0.25, 0.3) is 0 Å². The van der Waals surface area contributed by atoms with Crippen LogP contribution in [0.3, 0.4) is 0 Å². The minimum Gasteiger partial charge on any atom is -0.489 e. The number of hydrazone groups is 1. The Morgan fingerprint density at radius 3 is 2.76 bits per heavy atom. The third-order valence-corrected chi connectivity index (χ3v) is 4.27. The molecule has 0 unspecified atom stereocenters. The van der Waals surface area contributed by atoms with Crippen LogP contribution in [-0.4, -0.2) is 37.3 Å². The van der Waals surface area contributed by atoms with Crippen molar-refractivity contribution in [1.29, 1.82) is 0 Å². The van der Waals surface area contributed by atoms with Crippen LogP contribution in [0.15, 0.2) is 53.6 Å². The maximum Gasteiger partial charge on any atom is 0.329 e. The quantitative estimate of drug-likeness (QED) is 0.424. The molecule has 0 radical (unpaired) electrons. The van der Waals surface area contributed by atoms with Crippen LogP contribution < -0.4 is 15.5 Å². The summed E-state index contributed by atoms with van der Waals surface area (Å²) in [6, 6.07) is 13.2. The Bertz CT molecular complexity index is 864. The number of carbonyl (C=O) groups is 2. The van der Waals surface area contributed by atoms with Gasteiger partial charge < -0.3 is 14.8 Å². The van der Waals surface area contributed by atoms with Crippen LogP contribution >= 0.6 is 0 Å². The predicted molar refractivity (Wildman–Crippen MR) is 105 cm³/mol. The SMILES string of the molecule is O=C(NC[C@@H]1CCCO1)C(=O)N/N=C\c1ccc(OCc2cccc(F)c2)cc1. The van der Waals surface area contributed by atoms with Gasteiger partial charge in [0.1, 0.15) is 18.2 Å². The van der Waals surface area contributed by atoms with E-state index in [4.69, 9.17) is 9.47 Å². The number of benzene rings is 2. The summed E-state index contributed by atoms with van der Waals surface area (Å²) in [6.45, 7) is 1.25. The highest BCUT2D eigenvalue weighted by Crippen LogP contribution is 2.14. The first-order valence-electron chi connectivity index (χ1n) is 9.30. The Morgan fingerprint density at radius 1 is 1.21 bits per heavy atom. The lowest BCUT2D eigenvalue weighted by Crippen LogP contribution is -2.41. The van der Waals surface area contributed by atoms with Crippen LogP contribution in [-0.2, 0) is 20.9 Å². The molecule has 1 aliphatic rings. The van der Waals surface area contributed by atoms with E-state index in [1.807, 2.05) is 0 Å². The molecule has 1 saturated heterocycles. The fourth-order valence-corrected chi connectivity index (χ4v) is 2.75. The van der Waals surface area contributed by atoms with E-state index in [0.29, 0.717) is 24.5 Å². The lowest BCUT2D eigenvalue weighted by atomic mass is 10.2. The van der Waals surface area contributed by atoms with Gasteiger partial charge in [-0.3, -0.25) is 9.59 Å². The van der Waals surface area contributed by atoms with Crippen molar-refractivity contribution >= 4 is 18.0 Å². The molecule has 0 aromatic heterocycles. The van der Waals surface area contributed by atoms with Gasteiger partial charge in [0.2, 0.25) is 0 Å².